The molecule has 0 aliphatic rings. The van der Waals surface area contributed by atoms with Crippen LogP contribution in [0.3, 0.4) is 0 Å². The number of nitrogens with one attached hydrogen (secondary N) is 1. The van der Waals surface area contributed by atoms with Gasteiger partial charge in [0.25, 0.3) is 5.09 Å². The zero-order valence-electron chi connectivity index (χ0n) is 11.0. The van der Waals surface area contributed by atoms with Gasteiger partial charge in [0.2, 0.25) is 0 Å². The van der Waals surface area contributed by atoms with Gasteiger partial charge in [-0.25, -0.2) is 4.98 Å². The molecule has 8 heteroatoms. The van der Waals surface area contributed by atoms with Crippen LogP contribution in [-0.2, 0) is 0 Å². The van der Waals surface area contributed by atoms with Crippen LogP contribution in [0.2, 0.25) is 0 Å². The number of pyridine rings is 1. The highest BCUT2D eigenvalue weighted by Gasteiger charge is 2.03. The Bertz CT molecular complexity index is 537. The molecule has 2 aromatic heterocycles. The Morgan fingerprint density at radius 2 is 2.25 bits per heavy atom. The Kier molecular flexibility index (Phi) is 6.24. The fourth-order valence-electron chi connectivity index (χ4n) is 1.64. The minimum Gasteiger partial charge on any atom is -0.464 e. The van der Waals surface area contributed by atoms with Crippen molar-refractivity contribution in [3.8, 4) is 0 Å². The van der Waals surface area contributed by atoms with Crippen LogP contribution < -0.4 is 5.32 Å². The monoisotopic (exact) mass is 283 g/mol. The van der Waals surface area contributed by atoms with Gasteiger partial charge in [0.05, 0.1) is 17.8 Å². The molecule has 0 spiro atoms. The molecule has 3 N–H and O–H groups in total. The summed E-state index contributed by atoms with van der Waals surface area (Å²) in [4.78, 5) is 12.6. The minimum atomic E-state index is -1.50. The lowest BCUT2D eigenvalue weighted by atomic mass is 10.2. The van der Waals surface area contributed by atoms with Gasteiger partial charge in [-0.2, -0.15) is 0 Å². The number of hydrogen-bond acceptors (Lipinski definition) is 6. The standard InChI is InChI=1S/C12H16N2O2.HNO3/c1-9(15)3-2-6-13-12-10-5-8-16-11(10)4-7-14-12;2-1(3)4/h4-5,7-9,15H,2-3,6H2,1H3,(H,13,14);(H,2,3,4). The van der Waals surface area contributed by atoms with Crippen molar-refractivity contribution in [2.45, 2.75) is 25.9 Å². The normalized spacial score (nSPS) is 11.5. The molecule has 0 radical (unpaired) electrons. The first-order valence-corrected chi connectivity index (χ1v) is 6.08. The summed E-state index contributed by atoms with van der Waals surface area (Å²) >= 11 is 0. The van der Waals surface area contributed by atoms with Crippen LogP contribution in [-0.4, -0.2) is 33.0 Å². The van der Waals surface area contributed by atoms with Crippen molar-refractivity contribution in [3.63, 3.8) is 0 Å². The van der Waals surface area contributed by atoms with Gasteiger partial charge >= 0.3 is 0 Å². The molecule has 2 heterocycles. The minimum absolute atomic E-state index is 0.237. The number of anilines is 1. The zero-order valence-corrected chi connectivity index (χ0v) is 11.0. The number of aromatic nitrogens is 1. The Hall–Kier alpha value is -2.35. The van der Waals surface area contributed by atoms with Gasteiger partial charge in [-0.1, -0.05) is 0 Å². The van der Waals surface area contributed by atoms with Gasteiger partial charge in [-0.15, -0.1) is 10.1 Å². The molecule has 2 rings (SSSR count). The molecular weight excluding hydrogens is 266 g/mol. The average Bonchev–Trinajstić information content (AvgIpc) is 2.82. The number of aliphatic hydroxyl groups excluding tert-OH is 1. The highest BCUT2D eigenvalue weighted by molar-refractivity contribution is 5.87. The van der Waals surface area contributed by atoms with E-state index in [2.05, 4.69) is 10.3 Å². The SMILES string of the molecule is CC(O)CCCNc1nccc2occc12.O=[N+]([O-])O. The van der Waals surface area contributed by atoms with E-state index in [0.29, 0.717) is 0 Å². The van der Waals surface area contributed by atoms with E-state index in [0.717, 1.165) is 36.2 Å². The summed E-state index contributed by atoms with van der Waals surface area (Å²) in [7, 11) is 0. The fraction of sp³-hybridized carbons (Fsp3) is 0.417. The van der Waals surface area contributed by atoms with E-state index < -0.39 is 5.09 Å². The summed E-state index contributed by atoms with van der Waals surface area (Å²) in [6, 6.07) is 3.75. The number of hydrogen-bond donors (Lipinski definition) is 3. The molecule has 0 aromatic carbocycles. The molecule has 0 saturated heterocycles. The first kappa shape index (κ1) is 15.7. The molecule has 0 saturated carbocycles. The second-order valence-corrected chi connectivity index (χ2v) is 4.15. The van der Waals surface area contributed by atoms with E-state index in [4.69, 9.17) is 24.8 Å². The predicted octanol–water partition coefficient (Wildman–Crippen LogP) is 2.05. The molecule has 20 heavy (non-hydrogen) atoms. The van der Waals surface area contributed by atoms with Crippen LogP contribution in [0, 0.1) is 10.1 Å². The second-order valence-electron chi connectivity index (χ2n) is 4.15. The van der Waals surface area contributed by atoms with Crippen LogP contribution in [0.1, 0.15) is 19.8 Å². The number of furan rings is 1. The molecule has 2 aromatic rings. The third kappa shape index (κ3) is 5.53. The van der Waals surface area contributed by atoms with Crippen molar-refractivity contribution >= 4 is 16.8 Å². The van der Waals surface area contributed by atoms with Crippen LogP contribution in [0.4, 0.5) is 5.82 Å². The number of rotatable bonds is 5. The van der Waals surface area contributed by atoms with E-state index >= 15 is 0 Å². The Morgan fingerprint density at radius 3 is 2.90 bits per heavy atom. The lowest BCUT2D eigenvalue weighted by molar-refractivity contribution is -0.742. The topological polar surface area (TPSA) is 122 Å². The molecular formula is C12H17N3O5. The van der Waals surface area contributed by atoms with Crippen LogP contribution in [0.15, 0.2) is 29.0 Å². The maximum Gasteiger partial charge on any atom is 0.291 e. The quantitative estimate of drug-likeness (QED) is 0.436. The summed E-state index contributed by atoms with van der Waals surface area (Å²) < 4.78 is 5.28. The molecule has 0 amide bonds. The van der Waals surface area contributed by atoms with Crippen molar-refractivity contribution < 1.29 is 19.8 Å². The summed E-state index contributed by atoms with van der Waals surface area (Å²) in [5.74, 6) is 0.844. The third-order valence-corrected chi connectivity index (χ3v) is 2.47. The average molecular weight is 283 g/mol. The van der Waals surface area contributed by atoms with Crippen molar-refractivity contribution in [3.05, 3.63) is 34.7 Å². The van der Waals surface area contributed by atoms with Crippen LogP contribution >= 0.6 is 0 Å². The van der Waals surface area contributed by atoms with Gasteiger partial charge in [0.15, 0.2) is 0 Å². The molecule has 0 aliphatic heterocycles. The molecule has 8 nitrogen and oxygen atoms in total. The zero-order chi connectivity index (χ0) is 15.0. The van der Waals surface area contributed by atoms with Gasteiger partial charge < -0.3 is 20.0 Å². The molecule has 0 bridgehead atoms. The van der Waals surface area contributed by atoms with Crippen molar-refractivity contribution in [2.24, 2.45) is 0 Å². The van der Waals surface area contributed by atoms with E-state index in [-0.39, 0.29) is 6.10 Å². The molecule has 0 aliphatic carbocycles. The largest absolute Gasteiger partial charge is 0.464 e. The second kappa shape index (κ2) is 7.95. The third-order valence-electron chi connectivity index (χ3n) is 2.47. The van der Waals surface area contributed by atoms with E-state index in [9.17, 15) is 0 Å². The Labute approximate surface area is 115 Å². The van der Waals surface area contributed by atoms with Crippen molar-refractivity contribution in [1.29, 1.82) is 0 Å². The van der Waals surface area contributed by atoms with Crippen molar-refractivity contribution in [1.82, 2.24) is 4.98 Å². The molecule has 1 unspecified atom stereocenters. The molecule has 1 atom stereocenters. The maximum atomic E-state index is 9.13. The van der Waals surface area contributed by atoms with Crippen LogP contribution in [0.5, 0.6) is 0 Å². The number of fused-ring (bicyclic) bond motifs is 1. The smallest absolute Gasteiger partial charge is 0.291 e. The van der Waals surface area contributed by atoms with Gasteiger partial charge in [-0.3, -0.25) is 0 Å². The summed E-state index contributed by atoms with van der Waals surface area (Å²) in [6.45, 7) is 2.61. The Balaban J connectivity index is 0.000000444. The predicted molar refractivity (Wildman–Crippen MR) is 72.2 cm³/mol. The lowest BCUT2D eigenvalue weighted by Gasteiger charge is -2.07. The summed E-state index contributed by atoms with van der Waals surface area (Å²) in [5, 5.41) is 27.0. The molecule has 0 fully saturated rings. The van der Waals surface area contributed by atoms with Crippen molar-refractivity contribution in [2.75, 3.05) is 11.9 Å². The number of nitrogens with zero attached hydrogens (tertiary/aromatic N) is 2. The highest BCUT2D eigenvalue weighted by atomic mass is 16.9. The van der Waals surface area contributed by atoms with E-state index in [1.165, 1.54) is 0 Å². The van der Waals surface area contributed by atoms with Crippen LogP contribution in [0.25, 0.3) is 11.0 Å². The summed E-state index contributed by atoms with van der Waals surface area (Å²) in [6.07, 6.45) is 4.87. The Morgan fingerprint density at radius 1 is 1.55 bits per heavy atom. The molecule has 110 valence electrons. The fourth-order valence-corrected chi connectivity index (χ4v) is 1.64. The highest BCUT2D eigenvalue weighted by Crippen LogP contribution is 2.21. The van der Waals surface area contributed by atoms with E-state index in [1.807, 2.05) is 12.1 Å². The first-order valence-electron chi connectivity index (χ1n) is 6.08. The van der Waals surface area contributed by atoms with Gasteiger partial charge in [0.1, 0.15) is 11.4 Å². The number of aliphatic hydroxyl groups is 1. The van der Waals surface area contributed by atoms with Gasteiger partial charge in [-0.05, 0) is 31.9 Å². The lowest BCUT2D eigenvalue weighted by Crippen LogP contribution is -2.07. The first-order chi connectivity index (χ1) is 9.50. The van der Waals surface area contributed by atoms with E-state index in [1.54, 1.807) is 19.4 Å². The van der Waals surface area contributed by atoms with Gasteiger partial charge in [0, 0.05) is 12.7 Å². The maximum absolute atomic E-state index is 9.13. The summed E-state index contributed by atoms with van der Waals surface area (Å²) in [5.41, 5.74) is 0.841.